The summed E-state index contributed by atoms with van der Waals surface area (Å²) in [5, 5.41) is 2.68. The highest BCUT2D eigenvalue weighted by Gasteiger charge is 2.36. The third-order valence-corrected chi connectivity index (χ3v) is 5.55. The van der Waals surface area contributed by atoms with Crippen LogP contribution in [0.4, 0.5) is 23.2 Å². The van der Waals surface area contributed by atoms with E-state index in [9.17, 15) is 27.2 Å². The Bertz CT molecular complexity index is 1210. The number of imidazole rings is 1. The number of aromatic nitrogens is 2. The van der Waals surface area contributed by atoms with Gasteiger partial charge in [0.25, 0.3) is 0 Å². The Labute approximate surface area is 186 Å². The van der Waals surface area contributed by atoms with E-state index in [1.54, 1.807) is 36.0 Å². The van der Waals surface area contributed by atoms with Gasteiger partial charge in [0.2, 0.25) is 11.8 Å². The maximum Gasteiger partial charge on any atom is 0.416 e. The fraction of sp³-hybridized carbons (Fsp3) is 0.261. The number of halogens is 4. The molecule has 1 atom stereocenters. The standard InChI is InChI=1S/C23H20F4N4O2/c1-14-28-7-8-30(14)20-6-5-15(9-19(20)24)12-29-22(33)16-10-21(32)31(13-16)18-4-2-3-17(11-18)23(25,26)27/h2-9,11,16H,10,12-13H2,1H3,(H,29,33). The average Bonchev–Trinajstić information content (AvgIpc) is 3.37. The van der Waals surface area contributed by atoms with E-state index in [2.05, 4.69) is 10.3 Å². The Balaban J connectivity index is 1.39. The summed E-state index contributed by atoms with van der Waals surface area (Å²) in [6.45, 7) is 1.77. The molecule has 0 spiro atoms. The van der Waals surface area contributed by atoms with E-state index in [1.165, 1.54) is 23.1 Å². The van der Waals surface area contributed by atoms with Crippen molar-refractivity contribution in [3.63, 3.8) is 0 Å². The van der Waals surface area contributed by atoms with Crippen LogP contribution >= 0.6 is 0 Å². The summed E-state index contributed by atoms with van der Waals surface area (Å²) in [7, 11) is 0. The highest BCUT2D eigenvalue weighted by molar-refractivity contribution is 6.00. The normalized spacial score (nSPS) is 16.3. The Hall–Kier alpha value is -3.69. The van der Waals surface area contributed by atoms with Crippen molar-refractivity contribution in [3.8, 4) is 5.69 Å². The Morgan fingerprint density at radius 1 is 1.21 bits per heavy atom. The number of carbonyl (C=O) groups is 2. The topological polar surface area (TPSA) is 67.2 Å². The second-order valence-corrected chi connectivity index (χ2v) is 7.80. The first kappa shape index (κ1) is 22.5. The molecule has 33 heavy (non-hydrogen) atoms. The maximum absolute atomic E-state index is 14.5. The molecule has 6 nitrogen and oxygen atoms in total. The van der Waals surface area contributed by atoms with Crippen molar-refractivity contribution in [3.05, 3.63) is 77.6 Å². The van der Waals surface area contributed by atoms with Crippen molar-refractivity contribution in [2.24, 2.45) is 5.92 Å². The van der Waals surface area contributed by atoms with Crippen LogP contribution in [0.5, 0.6) is 0 Å². The Kier molecular flexibility index (Phi) is 5.92. The van der Waals surface area contributed by atoms with Gasteiger partial charge in [0.15, 0.2) is 0 Å². The number of aryl methyl sites for hydroxylation is 1. The Morgan fingerprint density at radius 2 is 2.00 bits per heavy atom. The third kappa shape index (κ3) is 4.74. The molecule has 2 aromatic carbocycles. The largest absolute Gasteiger partial charge is 0.416 e. The van der Waals surface area contributed by atoms with Gasteiger partial charge in [0.05, 0.1) is 17.2 Å². The molecule has 1 N–H and O–H groups in total. The molecule has 0 aliphatic carbocycles. The molecule has 1 aliphatic rings. The van der Waals surface area contributed by atoms with Gasteiger partial charge in [-0.15, -0.1) is 0 Å². The number of hydrogen-bond donors (Lipinski definition) is 1. The average molecular weight is 460 g/mol. The fourth-order valence-corrected chi connectivity index (χ4v) is 3.80. The molecule has 1 fully saturated rings. The predicted octanol–water partition coefficient (Wildman–Crippen LogP) is 4.01. The van der Waals surface area contributed by atoms with E-state index in [4.69, 9.17) is 0 Å². The first-order chi connectivity index (χ1) is 15.6. The number of benzene rings is 2. The molecule has 1 unspecified atom stereocenters. The van der Waals surface area contributed by atoms with Crippen LogP contribution in [0, 0.1) is 18.7 Å². The predicted molar refractivity (Wildman–Crippen MR) is 112 cm³/mol. The highest BCUT2D eigenvalue weighted by Crippen LogP contribution is 2.33. The van der Waals surface area contributed by atoms with Crippen LogP contribution in [0.25, 0.3) is 5.69 Å². The summed E-state index contributed by atoms with van der Waals surface area (Å²) in [5.41, 5.74) is 0.0919. The van der Waals surface area contributed by atoms with Gasteiger partial charge < -0.3 is 14.8 Å². The molecule has 0 bridgehead atoms. The number of nitrogens with one attached hydrogen (secondary N) is 1. The first-order valence-corrected chi connectivity index (χ1v) is 10.2. The van der Waals surface area contributed by atoms with Crippen LogP contribution in [0.2, 0.25) is 0 Å². The van der Waals surface area contributed by atoms with E-state index < -0.39 is 35.3 Å². The minimum absolute atomic E-state index is 0.0286. The number of hydrogen-bond acceptors (Lipinski definition) is 3. The minimum atomic E-state index is -4.53. The molecule has 2 amide bonds. The second kappa shape index (κ2) is 8.68. The number of amides is 2. The van der Waals surface area contributed by atoms with E-state index in [1.807, 2.05) is 0 Å². The minimum Gasteiger partial charge on any atom is -0.352 e. The van der Waals surface area contributed by atoms with E-state index in [0.29, 0.717) is 17.1 Å². The lowest BCUT2D eigenvalue weighted by Crippen LogP contribution is -2.32. The summed E-state index contributed by atoms with van der Waals surface area (Å²) in [6, 6.07) is 9.01. The zero-order valence-electron chi connectivity index (χ0n) is 17.6. The number of carbonyl (C=O) groups excluding carboxylic acids is 2. The fourth-order valence-electron chi connectivity index (χ4n) is 3.80. The van der Waals surface area contributed by atoms with Crippen LogP contribution < -0.4 is 10.2 Å². The lowest BCUT2D eigenvalue weighted by Gasteiger charge is -2.18. The summed E-state index contributed by atoms with van der Waals surface area (Å²) >= 11 is 0. The molecule has 0 saturated carbocycles. The number of alkyl halides is 3. The second-order valence-electron chi connectivity index (χ2n) is 7.80. The van der Waals surface area contributed by atoms with Gasteiger partial charge in [0, 0.05) is 37.6 Å². The van der Waals surface area contributed by atoms with Gasteiger partial charge in [0.1, 0.15) is 11.6 Å². The molecule has 1 aliphatic heterocycles. The van der Waals surface area contributed by atoms with Crippen LogP contribution in [0.15, 0.2) is 54.9 Å². The van der Waals surface area contributed by atoms with E-state index in [0.717, 1.165) is 12.1 Å². The monoisotopic (exact) mass is 460 g/mol. The van der Waals surface area contributed by atoms with Crippen molar-refractivity contribution in [1.82, 2.24) is 14.9 Å². The van der Waals surface area contributed by atoms with Crippen molar-refractivity contribution >= 4 is 17.5 Å². The zero-order valence-corrected chi connectivity index (χ0v) is 17.6. The smallest absolute Gasteiger partial charge is 0.352 e. The molecule has 1 saturated heterocycles. The van der Waals surface area contributed by atoms with Crippen molar-refractivity contribution < 1.29 is 27.2 Å². The molecule has 10 heteroatoms. The number of nitrogens with zero attached hydrogens (tertiary/aromatic N) is 3. The molecular formula is C23H20F4N4O2. The number of rotatable bonds is 5. The molecule has 4 rings (SSSR count). The van der Waals surface area contributed by atoms with Gasteiger partial charge in [-0.3, -0.25) is 9.59 Å². The summed E-state index contributed by atoms with van der Waals surface area (Å²) in [4.78, 5) is 30.2. The van der Waals surface area contributed by atoms with Gasteiger partial charge in [-0.2, -0.15) is 13.2 Å². The van der Waals surface area contributed by atoms with Crippen LogP contribution in [0.3, 0.4) is 0 Å². The van der Waals surface area contributed by atoms with Crippen LogP contribution in [0.1, 0.15) is 23.4 Å². The quantitative estimate of drug-likeness (QED) is 0.586. The van der Waals surface area contributed by atoms with Crippen LogP contribution in [-0.4, -0.2) is 27.9 Å². The van der Waals surface area contributed by atoms with Gasteiger partial charge in [-0.05, 0) is 42.8 Å². The lowest BCUT2D eigenvalue weighted by atomic mass is 10.1. The van der Waals surface area contributed by atoms with Crippen molar-refractivity contribution in [2.75, 3.05) is 11.4 Å². The molecule has 1 aromatic heterocycles. The summed E-state index contributed by atoms with van der Waals surface area (Å²) in [6.07, 6.45) is -1.44. The SMILES string of the molecule is Cc1nccn1-c1ccc(CNC(=O)C2CC(=O)N(c3cccc(C(F)(F)F)c3)C2)cc1F. The third-order valence-electron chi connectivity index (χ3n) is 5.55. The molecule has 2 heterocycles. The first-order valence-electron chi connectivity index (χ1n) is 10.2. The molecule has 172 valence electrons. The van der Waals surface area contributed by atoms with Crippen LogP contribution in [-0.2, 0) is 22.3 Å². The Morgan fingerprint density at radius 3 is 2.67 bits per heavy atom. The summed E-state index contributed by atoms with van der Waals surface area (Å²) < 4.78 is 55.1. The van der Waals surface area contributed by atoms with Crippen molar-refractivity contribution in [2.45, 2.75) is 26.1 Å². The number of anilines is 1. The zero-order chi connectivity index (χ0) is 23.8. The van der Waals surface area contributed by atoms with Gasteiger partial charge in [-0.1, -0.05) is 12.1 Å². The van der Waals surface area contributed by atoms with Gasteiger partial charge >= 0.3 is 6.18 Å². The van der Waals surface area contributed by atoms with Crippen molar-refractivity contribution in [1.29, 1.82) is 0 Å². The maximum atomic E-state index is 14.5. The molecular weight excluding hydrogens is 440 g/mol. The van der Waals surface area contributed by atoms with E-state index in [-0.39, 0.29) is 25.2 Å². The highest BCUT2D eigenvalue weighted by atomic mass is 19.4. The molecule has 0 radical (unpaired) electrons. The molecule has 3 aromatic rings. The summed E-state index contributed by atoms with van der Waals surface area (Å²) in [5.74, 6) is -1.42. The van der Waals surface area contributed by atoms with Gasteiger partial charge in [-0.25, -0.2) is 9.37 Å². The van der Waals surface area contributed by atoms with E-state index >= 15 is 0 Å². The lowest BCUT2D eigenvalue weighted by molar-refractivity contribution is -0.137.